The van der Waals surface area contributed by atoms with Gasteiger partial charge in [-0.25, -0.2) is 4.98 Å². The molecule has 0 spiro atoms. The number of aromatic nitrogens is 1. The normalized spacial score (nSPS) is 15.0. The Balaban J connectivity index is 2.53. The fraction of sp³-hybridized carbons (Fsp3) is 0.375. The molecule has 1 heterocycles. The average Bonchev–Trinajstić information content (AvgIpc) is 2.94. The molecule has 21 heavy (non-hydrogen) atoms. The molecule has 0 aromatic carbocycles. The van der Waals surface area contributed by atoms with E-state index in [1.807, 2.05) is 18.2 Å². The summed E-state index contributed by atoms with van der Waals surface area (Å²) in [6.45, 7) is 5.01. The van der Waals surface area contributed by atoms with Crippen LogP contribution >= 0.6 is 0 Å². The van der Waals surface area contributed by atoms with Crippen LogP contribution in [0.4, 0.5) is 0 Å². The molecule has 5 nitrogen and oxygen atoms in total. The van der Waals surface area contributed by atoms with Gasteiger partial charge in [-0.05, 0) is 26.3 Å². The van der Waals surface area contributed by atoms with Crippen molar-refractivity contribution < 1.29 is 14.3 Å². The minimum Gasteiger partial charge on any atom is -0.448 e. The molecular weight excluding hydrogens is 268 g/mol. The summed E-state index contributed by atoms with van der Waals surface area (Å²) >= 11 is 0. The molecule has 114 valence electrons. The van der Waals surface area contributed by atoms with E-state index in [0.29, 0.717) is 12.0 Å². The van der Waals surface area contributed by atoms with Gasteiger partial charge in [0.05, 0.1) is 17.7 Å². The number of aliphatic hydroxyl groups excluding tert-OH is 1. The first-order chi connectivity index (χ1) is 9.85. The van der Waals surface area contributed by atoms with Gasteiger partial charge in [-0.3, -0.25) is 4.79 Å². The van der Waals surface area contributed by atoms with Gasteiger partial charge in [-0.2, -0.15) is 0 Å². The highest BCUT2D eigenvalue weighted by atomic mass is 16.3. The van der Waals surface area contributed by atoms with E-state index in [9.17, 15) is 9.90 Å². The summed E-state index contributed by atoms with van der Waals surface area (Å²) in [6.07, 6.45) is 12.0. The molecule has 0 radical (unpaired) electrons. The first kappa shape index (κ1) is 16.9. The highest BCUT2D eigenvalue weighted by Gasteiger charge is 2.34. The number of nitrogens with two attached hydrogens (primary N) is 1. The van der Waals surface area contributed by atoms with Crippen LogP contribution in [0.2, 0.25) is 0 Å². The Morgan fingerprint density at radius 3 is 2.76 bits per heavy atom. The van der Waals surface area contributed by atoms with Gasteiger partial charge in [-0.1, -0.05) is 30.4 Å². The number of rotatable bonds is 7. The SMILES string of the molecule is CC(=CC=CC=CCc1cnco1)[C@@H](O)C(C)(C)C(N)=O. The zero-order valence-corrected chi connectivity index (χ0v) is 12.6. The van der Waals surface area contributed by atoms with E-state index in [1.165, 1.54) is 6.39 Å². The maximum absolute atomic E-state index is 11.3. The van der Waals surface area contributed by atoms with Crippen LogP contribution < -0.4 is 5.73 Å². The van der Waals surface area contributed by atoms with Gasteiger partial charge >= 0.3 is 0 Å². The average molecular weight is 290 g/mol. The Morgan fingerprint density at radius 1 is 1.48 bits per heavy atom. The maximum Gasteiger partial charge on any atom is 0.226 e. The van der Waals surface area contributed by atoms with E-state index in [1.54, 1.807) is 39.1 Å². The van der Waals surface area contributed by atoms with Gasteiger partial charge in [0.2, 0.25) is 5.91 Å². The third-order valence-corrected chi connectivity index (χ3v) is 3.27. The summed E-state index contributed by atoms with van der Waals surface area (Å²) in [5.41, 5.74) is 4.97. The summed E-state index contributed by atoms with van der Waals surface area (Å²) in [5, 5.41) is 10.1. The van der Waals surface area contributed by atoms with E-state index >= 15 is 0 Å². The van der Waals surface area contributed by atoms with E-state index in [4.69, 9.17) is 10.2 Å². The minimum absolute atomic E-state index is 0.529. The molecule has 0 aliphatic heterocycles. The number of amides is 1. The standard InChI is InChI=1S/C16H22N2O3/c1-12(14(19)16(2,3)15(17)20)8-6-4-5-7-9-13-10-18-11-21-13/h4-8,10-11,14,19H,9H2,1-3H3,(H2,17,20)/t14-/m1/s1. The Hall–Kier alpha value is -2.14. The molecular formula is C16H22N2O3. The van der Waals surface area contributed by atoms with E-state index in [2.05, 4.69) is 4.98 Å². The molecule has 5 heteroatoms. The Morgan fingerprint density at radius 2 is 2.19 bits per heavy atom. The lowest BCUT2D eigenvalue weighted by Crippen LogP contribution is -2.42. The van der Waals surface area contributed by atoms with Gasteiger partial charge in [0.25, 0.3) is 0 Å². The van der Waals surface area contributed by atoms with Crippen molar-refractivity contribution in [3.05, 3.63) is 54.3 Å². The van der Waals surface area contributed by atoms with Crippen LogP contribution in [-0.2, 0) is 11.2 Å². The summed E-state index contributed by atoms with van der Waals surface area (Å²) < 4.78 is 5.09. The number of nitrogens with zero attached hydrogens (tertiary/aromatic N) is 1. The fourth-order valence-electron chi connectivity index (χ4n) is 1.67. The van der Waals surface area contributed by atoms with E-state index in [0.717, 1.165) is 5.76 Å². The van der Waals surface area contributed by atoms with Crippen LogP contribution in [0.15, 0.2) is 53.0 Å². The van der Waals surface area contributed by atoms with Crippen LogP contribution in [0.1, 0.15) is 26.5 Å². The Kier molecular flexibility index (Phi) is 6.11. The largest absolute Gasteiger partial charge is 0.448 e. The predicted octanol–water partition coefficient (Wildman–Crippen LogP) is 2.15. The molecule has 0 aliphatic carbocycles. The molecule has 1 aromatic heterocycles. The van der Waals surface area contributed by atoms with Crippen molar-refractivity contribution in [2.45, 2.75) is 33.3 Å². The fourth-order valence-corrected chi connectivity index (χ4v) is 1.67. The number of allylic oxidation sites excluding steroid dienone is 5. The number of aliphatic hydroxyl groups is 1. The summed E-state index contributed by atoms with van der Waals surface area (Å²) in [4.78, 5) is 15.1. The van der Waals surface area contributed by atoms with Crippen LogP contribution in [0.25, 0.3) is 0 Å². The lowest BCUT2D eigenvalue weighted by Gasteiger charge is -2.27. The number of carbonyl (C=O) groups is 1. The lowest BCUT2D eigenvalue weighted by molar-refractivity contribution is -0.130. The van der Waals surface area contributed by atoms with Crippen molar-refractivity contribution in [2.24, 2.45) is 11.1 Å². The van der Waals surface area contributed by atoms with E-state index < -0.39 is 17.4 Å². The first-order valence-electron chi connectivity index (χ1n) is 6.71. The van der Waals surface area contributed by atoms with Gasteiger partial charge < -0.3 is 15.3 Å². The molecule has 0 saturated carbocycles. The zero-order valence-electron chi connectivity index (χ0n) is 12.6. The highest BCUT2D eigenvalue weighted by Crippen LogP contribution is 2.25. The van der Waals surface area contributed by atoms with E-state index in [-0.39, 0.29) is 0 Å². The summed E-state index contributed by atoms with van der Waals surface area (Å²) in [5.74, 6) is 0.267. The second-order valence-corrected chi connectivity index (χ2v) is 5.38. The van der Waals surface area contributed by atoms with Crippen LogP contribution in [0, 0.1) is 5.41 Å². The maximum atomic E-state index is 11.3. The molecule has 3 N–H and O–H groups in total. The number of hydrogen-bond acceptors (Lipinski definition) is 4. The molecule has 1 amide bonds. The van der Waals surface area contributed by atoms with Crippen LogP contribution in [0.5, 0.6) is 0 Å². The number of primary amides is 1. The quantitative estimate of drug-likeness (QED) is 0.753. The third-order valence-electron chi connectivity index (χ3n) is 3.27. The number of hydrogen-bond donors (Lipinski definition) is 2. The van der Waals surface area contributed by atoms with Crippen molar-refractivity contribution in [3.8, 4) is 0 Å². The monoisotopic (exact) mass is 290 g/mol. The number of carbonyl (C=O) groups excluding carboxylic acids is 1. The molecule has 1 rings (SSSR count). The molecule has 0 unspecified atom stereocenters. The molecule has 0 fully saturated rings. The summed E-state index contributed by atoms with van der Waals surface area (Å²) in [7, 11) is 0. The Labute approximate surface area is 124 Å². The van der Waals surface area contributed by atoms with Gasteiger partial charge in [0, 0.05) is 6.42 Å². The van der Waals surface area contributed by atoms with Gasteiger partial charge in [-0.15, -0.1) is 0 Å². The lowest BCUT2D eigenvalue weighted by atomic mass is 9.82. The Bertz CT molecular complexity index is 540. The van der Waals surface area contributed by atoms with Gasteiger partial charge in [0.15, 0.2) is 6.39 Å². The van der Waals surface area contributed by atoms with Crippen molar-refractivity contribution in [1.82, 2.24) is 4.98 Å². The van der Waals surface area contributed by atoms with Crippen molar-refractivity contribution in [1.29, 1.82) is 0 Å². The van der Waals surface area contributed by atoms with Gasteiger partial charge in [0.1, 0.15) is 5.76 Å². The van der Waals surface area contributed by atoms with Crippen molar-refractivity contribution >= 4 is 5.91 Å². The van der Waals surface area contributed by atoms with Crippen molar-refractivity contribution in [3.63, 3.8) is 0 Å². The molecule has 0 saturated heterocycles. The van der Waals surface area contributed by atoms with Crippen LogP contribution in [-0.4, -0.2) is 22.1 Å². The molecule has 0 aliphatic rings. The summed E-state index contributed by atoms with van der Waals surface area (Å²) in [6, 6.07) is 0. The second kappa shape index (κ2) is 7.59. The molecule has 0 bridgehead atoms. The minimum atomic E-state index is -0.990. The number of oxazole rings is 1. The smallest absolute Gasteiger partial charge is 0.226 e. The van der Waals surface area contributed by atoms with Crippen LogP contribution in [0.3, 0.4) is 0 Å². The van der Waals surface area contributed by atoms with Crippen molar-refractivity contribution in [2.75, 3.05) is 0 Å². The second-order valence-electron chi connectivity index (χ2n) is 5.38. The first-order valence-corrected chi connectivity index (χ1v) is 6.71. The molecule has 1 atom stereocenters. The topological polar surface area (TPSA) is 89.3 Å². The molecule has 1 aromatic rings. The predicted molar refractivity (Wildman–Crippen MR) is 81.2 cm³/mol. The zero-order chi connectivity index (χ0) is 15.9. The highest BCUT2D eigenvalue weighted by molar-refractivity contribution is 5.81. The third kappa shape index (κ3) is 5.04.